The third kappa shape index (κ3) is 3.58. The summed E-state index contributed by atoms with van der Waals surface area (Å²) < 4.78 is 0. The summed E-state index contributed by atoms with van der Waals surface area (Å²) >= 11 is 0. The Bertz CT molecular complexity index is 420. The molecule has 0 unspecified atom stereocenters. The van der Waals surface area contributed by atoms with E-state index in [1.165, 1.54) is 10.4 Å². The topological polar surface area (TPSA) is 0 Å². The van der Waals surface area contributed by atoms with Crippen molar-refractivity contribution in [2.24, 2.45) is 0 Å². The molecule has 0 saturated heterocycles. The first-order chi connectivity index (χ1) is 8.09. The van der Waals surface area contributed by atoms with Gasteiger partial charge in [0, 0.05) is 17.1 Å². The number of hydrogen-bond donors (Lipinski definition) is 0. The fourth-order valence-corrected chi connectivity index (χ4v) is 5.36. The van der Waals surface area contributed by atoms with Crippen molar-refractivity contribution in [2.75, 3.05) is 0 Å². The van der Waals surface area contributed by atoms with E-state index in [-0.39, 0.29) is 17.1 Å². The molecule has 0 saturated carbocycles. The maximum atomic E-state index is 2.35. The number of rotatable bonds is 2. The van der Waals surface area contributed by atoms with Crippen molar-refractivity contribution in [1.29, 1.82) is 0 Å². The van der Waals surface area contributed by atoms with E-state index in [0.29, 0.717) is 5.04 Å². The van der Waals surface area contributed by atoms with E-state index in [0.717, 1.165) is 0 Å². The minimum atomic E-state index is -0.715. The third-order valence-corrected chi connectivity index (χ3v) is 6.20. The van der Waals surface area contributed by atoms with Gasteiger partial charge < -0.3 is 0 Å². The van der Waals surface area contributed by atoms with Gasteiger partial charge in [0.1, 0.15) is 8.80 Å². The van der Waals surface area contributed by atoms with Crippen LogP contribution in [0.2, 0.25) is 5.04 Å². The zero-order valence-electron chi connectivity index (χ0n) is 11.1. The van der Waals surface area contributed by atoms with Crippen LogP contribution in [0.3, 0.4) is 0 Å². The summed E-state index contributed by atoms with van der Waals surface area (Å²) in [7, 11) is -0.715. The molecule has 2 rings (SSSR count). The van der Waals surface area contributed by atoms with Crippen molar-refractivity contribution < 1.29 is 17.1 Å². The van der Waals surface area contributed by atoms with Crippen LogP contribution >= 0.6 is 0 Å². The predicted molar refractivity (Wildman–Crippen MR) is 77.6 cm³/mol. The van der Waals surface area contributed by atoms with E-state index in [9.17, 15) is 0 Å². The van der Waals surface area contributed by atoms with E-state index in [1.54, 1.807) is 0 Å². The van der Waals surface area contributed by atoms with Crippen molar-refractivity contribution in [3.05, 3.63) is 60.7 Å². The van der Waals surface area contributed by atoms with Crippen molar-refractivity contribution in [3.63, 3.8) is 0 Å². The first-order valence-electron chi connectivity index (χ1n) is 6.07. The zero-order chi connectivity index (χ0) is 12.3. The second-order valence-electron chi connectivity index (χ2n) is 5.36. The van der Waals surface area contributed by atoms with Crippen LogP contribution in [0.4, 0.5) is 0 Å². The molecule has 0 bridgehead atoms. The van der Waals surface area contributed by atoms with Crippen LogP contribution in [-0.2, 0) is 17.1 Å². The summed E-state index contributed by atoms with van der Waals surface area (Å²) in [4.78, 5) is 0. The molecular weight excluding hydrogens is 284 g/mol. The molecule has 0 heterocycles. The smallest absolute Gasteiger partial charge is 0.0628 e. The van der Waals surface area contributed by atoms with Gasteiger partial charge in [0.05, 0.1) is 0 Å². The molecule has 0 aromatic heterocycles. The molecule has 0 nitrogen and oxygen atoms in total. The van der Waals surface area contributed by atoms with Gasteiger partial charge in [0.2, 0.25) is 0 Å². The van der Waals surface area contributed by atoms with Crippen LogP contribution in [0.15, 0.2) is 60.7 Å². The van der Waals surface area contributed by atoms with Crippen LogP contribution in [-0.4, -0.2) is 8.80 Å². The predicted octanol–water partition coefficient (Wildman–Crippen LogP) is 3.09. The Morgan fingerprint density at radius 2 is 1.00 bits per heavy atom. The van der Waals surface area contributed by atoms with Gasteiger partial charge >= 0.3 is 0 Å². The minimum absolute atomic E-state index is 0. The molecule has 0 spiro atoms. The van der Waals surface area contributed by atoms with Gasteiger partial charge in [-0.05, 0) is 5.04 Å². The quantitative estimate of drug-likeness (QED) is 0.748. The van der Waals surface area contributed by atoms with Crippen LogP contribution < -0.4 is 10.4 Å². The van der Waals surface area contributed by atoms with Gasteiger partial charge in [-0.15, -0.1) is 0 Å². The summed E-state index contributed by atoms with van der Waals surface area (Å²) in [5.74, 6) is 0. The molecule has 0 N–H and O–H groups in total. The summed E-state index contributed by atoms with van der Waals surface area (Å²) in [5.41, 5.74) is 0. The average Bonchev–Trinajstić information content (AvgIpc) is 2.30. The summed E-state index contributed by atoms with van der Waals surface area (Å²) in [6.07, 6.45) is 0. The molecule has 0 aliphatic carbocycles. The molecule has 2 aromatic rings. The molecule has 0 aliphatic rings. The van der Waals surface area contributed by atoms with Crippen molar-refractivity contribution >= 4 is 19.2 Å². The van der Waals surface area contributed by atoms with Gasteiger partial charge in [0.25, 0.3) is 0 Å². The molecule has 18 heavy (non-hydrogen) atoms. The molecular formula is C16H19CuSi. The molecule has 2 radical (unpaired) electrons. The van der Waals surface area contributed by atoms with E-state index < -0.39 is 8.80 Å². The van der Waals surface area contributed by atoms with Crippen molar-refractivity contribution in [1.82, 2.24) is 0 Å². The van der Waals surface area contributed by atoms with Gasteiger partial charge in [-0.3, -0.25) is 0 Å². The summed E-state index contributed by atoms with van der Waals surface area (Å²) in [6, 6.07) is 21.9. The fourth-order valence-electron chi connectivity index (χ4n) is 2.24. The molecule has 2 aromatic carbocycles. The Kier molecular flexibility index (Phi) is 5.40. The molecule has 2 heteroatoms. The second-order valence-corrected chi connectivity index (χ2v) is 8.76. The SMILES string of the molecule is CC(C)(C)[Si](c1ccccc1)c1ccccc1.[Cu]. The van der Waals surface area contributed by atoms with Crippen LogP contribution in [0.5, 0.6) is 0 Å². The van der Waals surface area contributed by atoms with Gasteiger partial charge in [-0.1, -0.05) is 91.8 Å². The standard InChI is InChI=1S/C16H19Si.Cu/c1-16(2,3)17(14-10-6-4-7-11-14)15-12-8-5-9-13-15;/h4-13H,1-3H3;. The molecule has 0 atom stereocenters. The van der Waals surface area contributed by atoms with E-state index in [4.69, 9.17) is 0 Å². The molecule has 0 amide bonds. The molecule has 98 valence electrons. The molecule has 0 aliphatic heterocycles. The van der Waals surface area contributed by atoms with E-state index >= 15 is 0 Å². The van der Waals surface area contributed by atoms with E-state index in [1.807, 2.05) is 0 Å². The second kappa shape index (κ2) is 6.37. The first-order valence-corrected chi connectivity index (χ1v) is 7.57. The Labute approximate surface area is 123 Å². The van der Waals surface area contributed by atoms with Crippen molar-refractivity contribution in [3.8, 4) is 0 Å². The van der Waals surface area contributed by atoms with Crippen LogP contribution in [0.25, 0.3) is 0 Å². The normalized spacial score (nSPS) is 11.1. The Morgan fingerprint density at radius 3 is 1.28 bits per heavy atom. The largest absolute Gasteiger partial charge is 0.126 e. The summed E-state index contributed by atoms with van der Waals surface area (Å²) in [6.45, 7) is 7.05. The first kappa shape index (κ1) is 15.2. The zero-order valence-corrected chi connectivity index (χ0v) is 13.0. The van der Waals surface area contributed by atoms with Crippen LogP contribution in [0.1, 0.15) is 20.8 Å². The van der Waals surface area contributed by atoms with Gasteiger partial charge in [-0.25, -0.2) is 0 Å². The van der Waals surface area contributed by atoms with Crippen LogP contribution in [0, 0.1) is 0 Å². The average molecular weight is 303 g/mol. The van der Waals surface area contributed by atoms with Crippen molar-refractivity contribution in [2.45, 2.75) is 25.8 Å². The Balaban J connectivity index is 0.00000162. The minimum Gasteiger partial charge on any atom is -0.0628 e. The maximum Gasteiger partial charge on any atom is 0.126 e. The van der Waals surface area contributed by atoms with E-state index in [2.05, 4.69) is 81.4 Å². The Hall–Kier alpha value is -0.824. The fraction of sp³-hybridized carbons (Fsp3) is 0.250. The number of benzene rings is 2. The molecule has 0 fully saturated rings. The monoisotopic (exact) mass is 302 g/mol. The summed E-state index contributed by atoms with van der Waals surface area (Å²) in [5, 5.41) is 3.32. The third-order valence-electron chi connectivity index (χ3n) is 2.87. The number of hydrogen-bond acceptors (Lipinski definition) is 0. The van der Waals surface area contributed by atoms with Gasteiger partial charge in [-0.2, -0.15) is 0 Å². The van der Waals surface area contributed by atoms with Gasteiger partial charge in [0.15, 0.2) is 0 Å². The Morgan fingerprint density at radius 1 is 0.667 bits per heavy atom. The maximum absolute atomic E-state index is 2.35.